The molecule has 8 rings (SSSR count). The minimum Gasteiger partial charge on any atom is -0.310 e. The first-order valence-corrected chi connectivity index (χ1v) is 14.4. The maximum Gasteiger partial charge on any atom is 0.0546 e. The third kappa shape index (κ3) is 3.96. The molecule has 0 saturated carbocycles. The summed E-state index contributed by atoms with van der Waals surface area (Å²) in [4.78, 5) is 4.76. The Kier molecular flexibility index (Phi) is 5.82. The lowest BCUT2D eigenvalue weighted by Crippen LogP contribution is -2.12. The molecule has 0 heterocycles. The van der Waals surface area contributed by atoms with Gasteiger partial charge in [-0.1, -0.05) is 109 Å². The third-order valence-corrected chi connectivity index (χ3v) is 8.14. The van der Waals surface area contributed by atoms with E-state index in [2.05, 4.69) is 180 Å². The summed E-state index contributed by atoms with van der Waals surface area (Å²) in [5, 5.41) is 7.54. The molecule has 0 fully saturated rings. The Morgan fingerprint density at radius 3 is 1.24 bits per heavy atom. The number of nitrogens with zero attached hydrogens (tertiary/aromatic N) is 2. The van der Waals surface area contributed by atoms with Gasteiger partial charge in [-0.05, 0) is 76.8 Å². The van der Waals surface area contributed by atoms with Crippen molar-refractivity contribution in [1.82, 2.24) is 0 Å². The second-order valence-corrected chi connectivity index (χ2v) is 10.6. The maximum absolute atomic E-state index is 2.38. The normalized spacial score (nSPS) is 11.3. The van der Waals surface area contributed by atoms with Crippen molar-refractivity contribution >= 4 is 66.4 Å². The van der Waals surface area contributed by atoms with Crippen LogP contribution in [0.25, 0.3) is 32.3 Å². The van der Waals surface area contributed by atoms with Gasteiger partial charge in [0.15, 0.2) is 0 Å². The minimum absolute atomic E-state index is 1.13. The van der Waals surface area contributed by atoms with Gasteiger partial charge in [-0.15, -0.1) is 0 Å². The molecular formula is C40H28N2. The molecule has 0 aromatic heterocycles. The molecule has 0 aliphatic heterocycles. The van der Waals surface area contributed by atoms with Crippen LogP contribution in [0.3, 0.4) is 0 Å². The Bertz CT molecular complexity index is 2040. The van der Waals surface area contributed by atoms with Crippen LogP contribution >= 0.6 is 0 Å². The highest BCUT2D eigenvalue weighted by Crippen LogP contribution is 2.48. The molecule has 0 saturated heterocycles. The number of hydrogen-bond acceptors (Lipinski definition) is 2. The van der Waals surface area contributed by atoms with Crippen LogP contribution in [0.4, 0.5) is 34.1 Å². The summed E-state index contributed by atoms with van der Waals surface area (Å²) in [7, 11) is 0. The fourth-order valence-electron chi connectivity index (χ4n) is 6.34. The topological polar surface area (TPSA) is 6.48 Å². The van der Waals surface area contributed by atoms with Gasteiger partial charge in [0.2, 0.25) is 0 Å². The average molecular weight is 537 g/mol. The molecule has 0 spiro atoms. The van der Waals surface area contributed by atoms with E-state index in [9.17, 15) is 0 Å². The van der Waals surface area contributed by atoms with Crippen molar-refractivity contribution in [2.75, 3.05) is 9.80 Å². The maximum atomic E-state index is 2.38. The monoisotopic (exact) mass is 536 g/mol. The van der Waals surface area contributed by atoms with Crippen molar-refractivity contribution in [3.05, 3.63) is 170 Å². The predicted octanol–water partition coefficient (Wildman–Crippen LogP) is 11.5. The molecule has 0 unspecified atom stereocenters. The average Bonchev–Trinajstić information content (AvgIpc) is 3.06. The zero-order valence-electron chi connectivity index (χ0n) is 23.1. The van der Waals surface area contributed by atoms with Crippen LogP contribution in [0.15, 0.2) is 170 Å². The van der Waals surface area contributed by atoms with E-state index in [0.29, 0.717) is 0 Å². The third-order valence-electron chi connectivity index (χ3n) is 8.14. The fraction of sp³-hybridized carbons (Fsp3) is 0. The standard InChI is InChI=1S/C40H28N2/c1-5-16-31(17-6-1)41(32-18-7-2-8-19-32)37-27-26-36-38(28-30-15-13-14-29-24-25-35(37)40(36)39(29)30)42(33-20-9-3-10-21-33)34-22-11-4-12-23-34/h1-28H. The molecule has 198 valence electrons. The largest absolute Gasteiger partial charge is 0.310 e. The van der Waals surface area contributed by atoms with Crippen LogP contribution in [0.1, 0.15) is 0 Å². The molecule has 0 radical (unpaired) electrons. The van der Waals surface area contributed by atoms with Crippen LogP contribution in [0.5, 0.6) is 0 Å². The van der Waals surface area contributed by atoms with Crippen molar-refractivity contribution in [2.45, 2.75) is 0 Å². The highest BCUT2D eigenvalue weighted by molar-refractivity contribution is 6.29. The Morgan fingerprint density at radius 1 is 0.286 bits per heavy atom. The van der Waals surface area contributed by atoms with E-state index in [1.807, 2.05) is 0 Å². The van der Waals surface area contributed by atoms with Crippen LogP contribution in [0.2, 0.25) is 0 Å². The van der Waals surface area contributed by atoms with Crippen LogP contribution in [0, 0.1) is 0 Å². The zero-order chi connectivity index (χ0) is 27.9. The smallest absolute Gasteiger partial charge is 0.0546 e. The van der Waals surface area contributed by atoms with Crippen molar-refractivity contribution < 1.29 is 0 Å². The van der Waals surface area contributed by atoms with E-state index in [-0.39, 0.29) is 0 Å². The van der Waals surface area contributed by atoms with Crippen molar-refractivity contribution in [3.8, 4) is 0 Å². The molecule has 2 heteroatoms. The molecule has 0 bridgehead atoms. The summed E-state index contributed by atoms with van der Waals surface area (Å²) < 4.78 is 0. The first-order valence-electron chi connectivity index (χ1n) is 14.4. The molecule has 0 atom stereocenters. The van der Waals surface area contributed by atoms with E-state index in [4.69, 9.17) is 0 Å². The van der Waals surface area contributed by atoms with Gasteiger partial charge in [0.05, 0.1) is 11.4 Å². The Balaban J connectivity index is 1.47. The SMILES string of the molecule is c1ccc(N(c2ccccc2)c2ccc3c(N(c4ccccc4)c4ccccc4)cc4cccc5ccc2c3c54)cc1. The molecule has 0 amide bonds. The van der Waals surface area contributed by atoms with Crippen LogP contribution < -0.4 is 9.80 Å². The van der Waals surface area contributed by atoms with Gasteiger partial charge in [0.25, 0.3) is 0 Å². The summed E-state index contributed by atoms with van der Waals surface area (Å²) >= 11 is 0. The van der Waals surface area contributed by atoms with Gasteiger partial charge >= 0.3 is 0 Å². The number of benzene rings is 8. The summed E-state index contributed by atoms with van der Waals surface area (Å²) in [5.41, 5.74) is 6.86. The minimum atomic E-state index is 1.13. The summed E-state index contributed by atoms with van der Waals surface area (Å²) in [6.45, 7) is 0. The molecule has 2 nitrogen and oxygen atoms in total. The molecule has 42 heavy (non-hydrogen) atoms. The van der Waals surface area contributed by atoms with Gasteiger partial charge in [0.1, 0.15) is 0 Å². The van der Waals surface area contributed by atoms with Gasteiger partial charge in [-0.2, -0.15) is 0 Å². The fourth-order valence-corrected chi connectivity index (χ4v) is 6.34. The zero-order valence-corrected chi connectivity index (χ0v) is 23.1. The first kappa shape index (κ1) is 24.2. The Hall–Kier alpha value is -5.60. The number of rotatable bonds is 6. The molecule has 0 aliphatic rings. The lowest BCUT2D eigenvalue weighted by molar-refractivity contribution is 1.29. The van der Waals surface area contributed by atoms with E-state index >= 15 is 0 Å². The van der Waals surface area contributed by atoms with Gasteiger partial charge in [-0.25, -0.2) is 0 Å². The highest BCUT2D eigenvalue weighted by atomic mass is 15.2. The lowest BCUT2D eigenvalue weighted by atomic mass is 9.91. The summed E-state index contributed by atoms with van der Waals surface area (Å²) in [6.07, 6.45) is 0. The molecule has 0 aliphatic carbocycles. The van der Waals surface area contributed by atoms with Crippen LogP contribution in [-0.2, 0) is 0 Å². The van der Waals surface area contributed by atoms with Crippen LogP contribution in [-0.4, -0.2) is 0 Å². The van der Waals surface area contributed by atoms with E-state index < -0.39 is 0 Å². The first-order chi connectivity index (χ1) is 20.9. The molecule has 8 aromatic rings. The van der Waals surface area contributed by atoms with Gasteiger partial charge < -0.3 is 9.80 Å². The number of anilines is 6. The second-order valence-electron chi connectivity index (χ2n) is 10.6. The lowest BCUT2D eigenvalue weighted by Gasteiger charge is -2.30. The van der Waals surface area contributed by atoms with Gasteiger partial charge in [0, 0.05) is 38.9 Å². The van der Waals surface area contributed by atoms with Crippen molar-refractivity contribution in [1.29, 1.82) is 0 Å². The summed E-state index contributed by atoms with van der Waals surface area (Å²) in [6, 6.07) is 60.8. The molecule has 8 aromatic carbocycles. The highest BCUT2D eigenvalue weighted by Gasteiger charge is 2.22. The van der Waals surface area contributed by atoms with E-state index in [1.165, 1.54) is 38.0 Å². The predicted molar refractivity (Wildman–Crippen MR) is 180 cm³/mol. The molecular weight excluding hydrogens is 508 g/mol. The van der Waals surface area contributed by atoms with Crippen molar-refractivity contribution in [3.63, 3.8) is 0 Å². The molecule has 0 N–H and O–H groups in total. The second kappa shape index (κ2) is 10.1. The number of hydrogen-bond donors (Lipinski definition) is 0. The quantitative estimate of drug-likeness (QED) is 0.195. The van der Waals surface area contributed by atoms with Gasteiger partial charge in [-0.3, -0.25) is 0 Å². The van der Waals surface area contributed by atoms with E-state index in [0.717, 1.165) is 28.4 Å². The van der Waals surface area contributed by atoms with Crippen molar-refractivity contribution in [2.24, 2.45) is 0 Å². The summed E-state index contributed by atoms with van der Waals surface area (Å²) in [5.74, 6) is 0. The Morgan fingerprint density at radius 2 is 0.714 bits per heavy atom. The number of para-hydroxylation sites is 4. The Labute approximate surface area is 245 Å². The van der Waals surface area contributed by atoms with E-state index in [1.54, 1.807) is 0 Å².